The van der Waals surface area contributed by atoms with Gasteiger partial charge in [0.15, 0.2) is 0 Å². The molecule has 0 radical (unpaired) electrons. The first-order valence-electron chi connectivity index (χ1n) is 9.90. The van der Waals surface area contributed by atoms with E-state index in [1.165, 1.54) is 5.06 Å². The monoisotopic (exact) mass is 409 g/mol. The zero-order chi connectivity index (χ0) is 21.7. The maximum Gasteiger partial charge on any atom is 0.528 e. The number of hydrogen-bond acceptors (Lipinski definition) is 6. The average Bonchev–Trinajstić information content (AvgIpc) is 2.70. The summed E-state index contributed by atoms with van der Waals surface area (Å²) in [6, 6.07) is 17.5. The highest BCUT2D eigenvalue weighted by Gasteiger charge is 2.47. The van der Waals surface area contributed by atoms with Gasteiger partial charge in [0.2, 0.25) is 0 Å². The van der Waals surface area contributed by atoms with Crippen LogP contribution in [-0.4, -0.2) is 28.8 Å². The molecule has 0 aromatic heterocycles. The van der Waals surface area contributed by atoms with E-state index in [-0.39, 0.29) is 6.42 Å². The summed E-state index contributed by atoms with van der Waals surface area (Å²) < 4.78 is 11.2. The van der Waals surface area contributed by atoms with Gasteiger partial charge >= 0.3 is 12.1 Å². The highest BCUT2D eigenvalue weighted by Crippen LogP contribution is 2.43. The van der Waals surface area contributed by atoms with Crippen LogP contribution in [0.5, 0.6) is 0 Å². The van der Waals surface area contributed by atoms with Gasteiger partial charge in [-0.05, 0) is 38.3 Å². The van der Waals surface area contributed by atoms with Gasteiger partial charge in [0.05, 0.1) is 0 Å². The number of ether oxygens (including phenoxy) is 2. The van der Waals surface area contributed by atoms with Gasteiger partial charge in [-0.1, -0.05) is 66.7 Å². The lowest BCUT2D eigenvalue weighted by atomic mass is 9.92. The van der Waals surface area contributed by atoms with Crippen LogP contribution in [0.15, 0.2) is 73.3 Å². The Kier molecular flexibility index (Phi) is 6.57. The number of benzene rings is 2. The summed E-state index contributed by atoms with van der Waals surface area (Å²) in [4.78, 5) is 31.1. The Morgan fingerprint density at radius 1 is 1.07 bits per heavy atom. The molecule has 0 bridgehead atoms. The zero-order valence-electron chi connectivity index (χ0n) is 17.5. The molecule has 6 heteroatoms. The molecule has 1 aliphatic rings. The summed E-state index contributed by atoms with van der Waals surface area (Å²) in [5.41, 5.74) is 0.911. The predicted octanol–water partition coefficient (Wildman–Crippen LogP) is 5.14. The van der Waals surface area contributed by atoms with Crippen LogP contribution in [-0.2, 0) is 19.1 Å². The molecule has 2 unspecified atom stereocenters. The van der Waals surface area contributed by atoms with Gasteiger partial charge in [-0.3, -0.25) is 4.79 Å². The number of carbonyl (C=O) groups is 2. The third-order valence-corrected chi connectivity index (χ3v) is 4.61. The van der Waals surface area contributed by atoms with E-state index in [1.54, 1.807) is 26.8 Å². The van der Waals surface area contributed by atoms with E-state index in [2.05, 4.69) is 6.58 Å². The summed E-state index contributed by atoms with van der Waals surface area (Å²) in [6.07, 6.45) is 0.318. The number of esters is 1. The largest absolute Gasteiger partial charge is 0.528 e. The van der Waals surface area contributed by atoms with Crippen molar-refractivity contribution in [2.75, 3.05) is 0 Å². The van der Waals surface area contributed by atoms with E-state index in [4.69, 9.17) is 14.3 Å². The molecule has 1 aliphatic heterocycles. The van der Waals surface area contributed by atoms with Gasteiger partial charge < -0.3 is 14.3 Å². The Labute approximate surface area is 177 Å². The normalized spacial score (nSPS) is 22.1. The molecule has 1 saturated heterocycles. The third kappa shape index (κ3) is 5.07. The van der Waals surface area contributed by atoms with Crippen molar-refractivity contribution in [1.29, 1.82) is 0 Å². The third-order valence-electron chi connectivity index (χ3n) is 4.61. The Hall–Kier alpha value is -3.12. The molecule has 30 heavy (non-hydrogen) atoms. The molecule has 6 nitrogen and oxygen atoms in total. The van der Waals surface area contributed by atoms with E-state index in [9.17, 15) is 9.59 Å². The number of hydroxylamine groups is 2. The van der Waals surface area contributed by atoms with E-state index in [0.29, 0.717) is 0 Å². The van der Waals surface area contributed by atoms with Crippen LogP contribution < -0.4 is 0 Å². The number of rotatable bonds is 5. The Bertz CT molecular complexity index is 875. The summed E-state index contributed by atoms with van der Waals surface area (Å²) in [7, 11) is 0. The summed E-state index contributed by atoms with van der Waals surface area (Å²) in [5.74, 6) is -0.487. The second kappa shape index (κ2) is 9.13. The van der Waals surface area contributed by atoms with Crippen LogP contribution in [0.4, 0.5) is 4.79 Å². The van der Waals surface area contributed by atoms with E-state index < -0.39 is 35.9 Å². The van der Waals surface area contributed by atoms with Crippen LogP contribution >= 0.6 is 0 Å². The molecule has 0 amide bonds. The van der Waals surface area contributed by atoms with E-state index in [1.807, 2.05) is 60.7 Å². The number of cyclic esters (lactones) is 1. The lowest BCUT2D eigenvalue weighted by molar-refractivity contribution is -0.246. The molecule has 0 spiro atoms. The van der Waals surface area contributed by atoms with Crippen molar-refractivity contribution >= 4 is 12.1 Å². The molecule has 3 rings (SSSR count). The first kappa shape index (κ1) is 21.6. The number of carbonyl (C=O) groups excluding carboxylic acids is 2. The fourth-order valence-corrected chi connectivity index (χ4v) is 3.40. The highest BCUT2D eigenvalue weighted by molar-refractivity contribution is 5.77. The van der Waals surface area contributed by atoms with Crippen molar-refractivity contribution < 1.29 is 23.9 Å². The van der Waals surface area contributed by atoms with Crippen LogP contribution in [0.1, 0.15) is 50.5 Å². The SMILES string of the molecule is C=CCC1C(=O)O[C@H](c2ccccc2)C(c2ccccc2)N1OC(=O)OC(C)(C)C. The Morgan fingerprint density at radius 2 is 1.63 bits per heavy atom. The molecule has 0 N–H and O–H groups in total. The van der Waals surface area contributed by atoms with Crippen LogP contribution in [0, 0.1) is 0 Å². The fraction of sp³-hybridized carbons (Fsp3) is 0.333. The second-order valence-electron chi connectivity index (χ2n) is 8.08. The van der Waals surface area contributed by atoms with Gasteiger partial charge in [-0.25, -0.2) is 4.79 Å². The van der Waals surface area contributed by atoms with Gasteiger partial charge in [0, 0.05) is 0 Å². The molecule has 0 aliphatic carbocycles. The Balaban J connectivity index is 2.05. The van der Waals surface area contributed by atoms with Crippen molar-refractivity contribution in [3.63, 3.8) is 0 Å². The minimum Gasteiger partial charge on any atom is -0.454 e. The minimum atomic E-state index is -0.876. The molecule has 2 aromatic rings. The lowest BCUT2D eigenvalue weighted by Crippen LogP contribution is -2.52. The molecule has 2 aromatic carbocycles. The van der Waals surface area contributed by atoms with Crippen LogP contribution in [0.25, 0.3) is 0 Å². The van der Waals surface area contributed by atoms with Crippen LogP contribution in [0.2, 0.25) is 0 Å². The first-order valence-corrected chi connectivity index (χ1v) is 9.90. The number of nitrogens with zero attached hydrogens (tertiary/aromatic N) is 1. The number of morpholine rings is 1. The molecule has 1 fully saturated rings. The van der Waals surface area contributed by atoms with Gasteiger partial charge in [-0.2, -0.15) is 0 Å². The fourth-order valence-electron chi connectivity index (χ4n) is 3.40. The number of hydrogen-bond donors (Lipinski definition) is 0. The first-order chi connectivity index (χ1) is 14.3. The van der Waals surface area contributed by atoms with Crippen molar-refractivity contribution in [2.45, 2.75) is 51.0 Å². The topological polar surface area (TPSA) is 65.1 Å². The maximum atomic E-state index is 12.9. The average molecular weight is 409 g/mol. The van der Waals surface area contributed by atoms with Crippen LogP contribution in [0.3, 0.4) is 0 Å². The standard InChI is InChI=1S/C24H27NO5/c1-5-12-19-22(26)28-21(18-15-10-7-11-16-18)20(17-13-8-6-9-14-17)25(19)30-23(27)29-24(2,3)4/h5-11,13-16,19-21H,1,12H2,2-4H3/t19?,20?,21-/m1/s1. The predicted molar refractivity (Wildman–Crippen MR) is 112 cm³/mol. The molecule has 1 heterocycles. The summed E-state index contributed by atoms with van der Waals surface area (Å²) >= 11 is 0. The summed E-state index contributed by atoms with van der Waals surface area (Å²) in [6.45, 7) is 8.99. The quantitative estimate of drug-likeness (QED) is 0.503. The molecular formula is C24H27NO5. The van der Waals surface area contributed by atoms with Crippen molar-refractivity contribution in [1.82, 2.24) is 5.06 Å². The zero-order valence-corrected chi connectivity index (χ0v) is 17.5. The smallest absolute Gasteiger partial charge is 0.454 e. The van der Waals surface area contributed by atoms with Gasteiger partial charge in [0.25, 0.3) is 0 Å². The molecule has 158 valence electrons. The molecule has 0 saturated carbocycles. The van der Waals surface area contributed by atoms with Crippen molar-refractivity contribution in [3.8, 4) is 0 Å². The Morgan fingerprint density at radius 3 is 2.17 bits per heavy atom. The molecular weight excluding hydrogens is 382 g/mol. The van der Waals surface area contributed by atoms with Gasteiger partial charge in [0.1, 0.15) is 23.8 Å². The minimum absolute atomic E-state index is 0.256. The lowest BCUT2D eigenvalue weighted by Gasteiger charge is -2.43. The van der Waals surface area contributed by atoms with Gasteiger partial charge in [-0.15, -0.1) is 11.6 Å². The second-order valence-corrected chi connectivity index (χ2v) is 8.08. The van der Waals surface area contributed by atoms with E-state index in [0.717, 1.165) is 11.1 Å². The summed E-state index contributed by atoms with van der Waals surface area (Å²) in [5, 5.41) is 1.40. The molecule has 3 atom stereocenters. The van der Waals surface area contributed by atoms with Crippen molar-refractivity contribution in [3.05, 3.63) is 84.4 Å². The maximum absolute atomic E-state index is 12.9. The highest BCUT2D eigenvalue weighted by atomic mass is 16.8. The van der Waals surface area contributed by atoms with Crippen molar-refractivity contribution in [2.24, 2.45) is 0 Å². The van der Waals surface area contributed by atoms with E-state index >= 15 is 0 Å².